The molecule has 0 fully saturated rings. The number of nitrogens with zero attached hydrogens (tertiary/aromatic N) is 3. The monoisotopic (exact) mass is 647 g/mol. The lowest BCUT2D eigenvalue weighted by molar-refractivity contribution is 0.670. The second kappa shape index (κ2) is 9.86. The molecule has 0 aliphatic carbocycles. The molecule has 3 heterocycles. The number of furan rings is 2. The van der Waals surface area contributed by atoms with Gasteiger partial charge in [0.15, 0.2) is 11.6 Å². The average molecular weight is 648 g/mol. The van der Waals surface area contributed by atoms with Gasteiger partial charge < -0.3 is 8.83 Å². The zero-order valence-corrected chi connectivity index (χ0v) is 26.5. The maximum atomic E-state index is 6.78. The van der Waals surface area contributed by atoms with E-state index in [-0.39, 0.29) is 5.28 Å². The second-order valence-electron chi connectivity index (χ2n) is 12.5. The number of hydrogen-bond acceptors (Lipinski definition) is 5. The summed E-state index contributed by atoms with van der Waals surface area (Å²) >= 11 is 6.78. The van der Waals surface area contributed by atoms with Crippen LogP contribution in [0.25, 0.3) is 110 Å². The van der Waals surface area contributed by atoms with Gasteiger partial charge in [-0.05, 0) is 79.0 Å². The number of fused-ring (bicyclic) bond motifs is 14. The van der Waals surface area contributed by atoms with E-state index < -0.39 is 0 Å². The first-order valence-corrected chi connectivity index (χ1v) is 16.5. The minimum atomic E-state index is 0.0886. The zero-order chi connectivity index (χ0) is 32.2. The Bertz CT molecular complexity index is 2980. The maximum Gasteiger partial charge on any atom is 0.226 e. The van der Waals surface area contributed by atoms with Crippen LogP contribution < -0.4 is 0 Å². The van der Waals surface area contributed by atoms with Crippen LogP contribution in [0, 0.1) is 0 Å². The molecule has 0 saturated carbocycles. The van der Waals surface area contributed by atoms with Crippen LogP contribution in [0.2, 0.25) is 5.28 Å². The first-order chi connectivity index (χ1) is 24.2. The Balaban J connectivity index is 1.24. The molecule has 0 unspecified atom stereocenters. The van der Waals surface area contributed by atoms with Crippen molar-refractivity contribution in [1.29, 1.82) is 0 Å². The molecular weight excluding hydrogens is 626 g/mol. The minimum absolute atomic E-state index is 0.0886. The fourth-order valence-electron chi connectivity index (χ4n) is 7.70. The largest absolute Gasteiger partial charge is 0.455 e. The van der Waals surface area contributed by atoms with Crippen LogP contribution in [0.3, 0.4) is 0 Å². The van der Waals surface area contributed by atoms with Crippen molar-refractivity contribution in [2.24, 2.45) is 0 Å². The van der Waals surface area contributed by atoms with E-state index in [2.05, 4.69) is 109 Å². The normalized spacial score (nSPS) is 12.2. The summed E-state index contributed by atoms with van der Waals surface area (Å²) in [5.74, 6) is 0.856. The SMILES string of the molecule is Clc1nc(-c2cc3ccccc3c3c2oc2ccc4ccccc4c23)nc(-c2cc3ccccc3c3c2oc2ccc4ccccc4c23)n1. The van der Waals surface area contributed by atoms with Crippen molar-refractivity contribution >= 4 is 98.6 Å². The van der Waals surface area contributed by atoms with E-state index in [1.807, 2.05) is 24.3 Å². The van der Waals surface area contributed by atoms with Gasteiger partial charge in [0.1, 0.15) is 22.3 Å². The molecule has 0 spiro atoms. The number of halogens is 1. The molecule has 49 heavy (non-hydrogen) atoms. The Labute approximate surface area is 283 Å². The highest BCUT2D eigenvalue weighted by molar-refractivity contribution is 6.31. The fraction of sp³-hybridized carbons (Fsp3) is 0. The molecule has 0 aliphatic heterocycles. The summed E-state index contributed by atoms with van der Waals surface area (Å²) in [6, 6.07) is 45.9. The molecule has 0 saturated heterocycles. The zero-order valence-electron chi connectivity index (χ0n) is 25.7. The Hall–Kier alpha value is -6.30. The number of benzene rings is 8. The summed E-state index contributed by atoms with van der Waals surface area (Å²) in [5, 5.41) is 13.1. The molecule has 8 aromatic carbocycles. The second-order valence-corrected chi connectivity index (χ2v) is 12.8. The van der Waals surface area contributed by atoms with Crippen molar-refractivity contribution in [3.8, 4) is 22.8 Å². The third kappa shape index (κ3) is 3.79. The van der Waals surface area contributed by atoms with Gasteiger partial charge in [-0.1, -0.05) is 109 Å². The van der Waals surface area contributed by atoms with Crippen LogP contribution in [0.5, 0.6) is 0 Å². The third-order valence-electron chi connectivity index (χ3n) is 9.80. The van der Waals surface area contributed by atoms with Gasteiger partial charge in [-0.2, -0.15) is 9.97 Å². The highest BCUT2D eigenvalue weighted by Crippen LogP contribution is 2.45. The van der Waals surface area contributed by atoms with Gasteiger partial charge in [0.2, 0.25) is 5.28 Å². The van der Waals surface area contributed by atoms with Crippen molar-refractivity contribution in [1.82, 2.24) is 15.0 Å². The molecule has 11 aromatic rings. The lowest BCUT2D eigenvalue weighted by atomic mass is 9.97. The molecule has 0 amide bonds. The summed E-state index contributed by atoms with van der Waals surface area (Å²) in [4.78, 5) is 14.5. The summed E-state index contributed by atoms with van der Waals surface area (Å²) < 4.78 is 13.4. The van der Waals surface area contributed by atoms with Crippen LogP contribution in [0.15, 0.2) is 142 Å². The fourth-order valence-corrected chi connectivity index (χ4v) is 7.86. The van der Waals surface area contributed by atoms with Crippen molar-refractivity contribution in [3.05, 3.63) is 139 Å². The highest BCUT2D eigenvalue weighted by atomic mass is 35.5. The Morgan fingerprint density at radius 3 is 1.22 bits per heavy atom. The highest BCUT2D eigenvalue weighted by Gasteiger charge is 2.23. The van der Waals surface area contributed by atoms with Crippen molar-refractivity contribution < 1.29 is 8.83 Å². The number of hydrogen-bond donors (Lipinski definition) is 0. The predicted octanol–water partition coefficient (Wildman–Crippen LogP) is 12.3. The van der Waals surface area contributed by atoms with Gasteiger partial charge in [-0.25, -0.2) is 4.98 Å². The van der Waals surface area contributed by atoms with Crippen LogP contribution in [-0.4, -0.2) is 15.0 Å². The predicted molar refractivity (Wildman–Crippen MR) is 200 cm³/mol. The van der Waals surface area contributed by atoms with E-state index in [9.17, 15) is 0 Å². The molecule has 3 aromatic heterocycles. The standard InChI is InChI=1S/C43H22ClN3O2/c44-43-46-41(31-21-25-11-3-7-15-29(25)37-35-27-13-5-1-9-23(27)17-19-33(35)48-39(31)37)45-42(47-43)32-22-26-12-4-8-16-30(26)38-36-28-14-6-2-10-24(28)18-20-34(36)49-40(32)38/h1-22H. The lowest BCUT2D eigenvalue weighted by Crippen LogP contribution is -1.98. The van der Waals surface area contributed by atoms with E-state index in [1.165, 1.54) is 0 Å². The third-order valence-corrected chi connectivity index (χ3v) is 9.97. The van der Waals surface area contributed by atoms with Crippen molar-refractivity contribution in [2.45, 2.75) is 0 Å². The van der Waals surface area contributed by atoms with Crippen LogP contribution >= 0.6 is 11.6 Å². The molecule has 228 valence electrons. The van der Waals surface area contributed by atoms with Crippen molar-refractivity contribution in [2.75, 3.05) is 0 Å². The summed E-state index contributed by atoms with van der Waals surface area (Å²) in [6.45, 7) is 0. The lowest BCUT2D eigenvalue weighted by Gasteiger charge is -2.09. The van der Waals surface area contributed by atoms with E-state index in [4.69, 9.17) is 35.4 Å². The molecule has 0 N–H and O–H groups in total. The minimum Gasteiger partial charge on any atom is -0.455 e. The first kappa shape index (κ1) is 26.7. The summed E-state index contributed by atoms with van der Waals surface area (Å²) in [7, 11) is 0. The van der Waals surface area contributed by atoms with Gasteiger partial charge in [-0.15, -0.1) is 0 Å². The van der Waals surface area contributed by atoms with Crippen molar-refractivity contribution in [3.63, 3.8) is 0 Å². The Morgan fingerprint density at radius 1 is 0.388 bits per heavy atom. The molecule has 6 heteroatoms. The Kier molecular flexibility index (Phi) is 5.38. The van der Waals surface area contributed by atoms with E-state index in [0.29, 0.717) is 22.8 Å². The van der Waals surface area contributed by atoms with E-state index >= 15 is 0 Å². The average Bonchev–Trinajstić information content (AvgIpc) is 3.74. The topological polar surface area (TPSA) is 65.0 Å². The van der Waals surface area contributed by atoms with Crippen LogP contribution in [0.1, 0.15) is 0 Å². The molecule has 0 atom stereocenters. The van der Waals surface area contributed by atoms with Gasteiger partial charge in [0.05, 0.1) is 11.1 Å². The summed E-state index contributed by atoms with van der Waals surface area (Å²) in [6.07, 6.45) is 0. The van der Waals surface area contributed by atoms with Crippen LogP contribution in [-0.2, 0) is 0 Å². The van der Waals surface area contributed by atoms with Crippen LogP contribution in [0.4, 0.5) is 0 Å². The first-order valence-electron chi connectivity index (χ1n) is 16.1. The van der Waals surface area contributed by atoms with Gasteiger partial charge in [0, 0.05) is 21.5 Å². The van der Waals surface area contributed by atoms with Gasteiger partial charge >= 0.3 is 0 Å². The van der Waals surface area contributed by atoms with Gasteiger partial charge in [-0.3, -0.25) is 0 Å². The Morgan fingerprint density at radius 2 is 0.776 bits per heavy atom. The summed E-state index contributed by atoms with van der Waals surface area (Å²) in [5.41, 5.74) is 4.50. The van der Waals surface area contributed by atoms with Gasteiger partial charge in [0.25, 0.3) is 0 Å². The van der Waals surface area contributed by atoms with E-state index in [1.54, 1.807) is 0 Å². The smallest absolute Gasteiger partial charge is 0.226 e. The quantitative estimate of drug-likeness (QED) is 0.187. The number of aromatic nitrogens is 3. The molecule has 0 bridgehead atoms. The molecular formula is C43H22ClN3O2. The molecule has 11 rings (SSSR count). The maximum absolute atomic E-state index is 6.78. The molecule has 5 nitrogen and oxygen atoms in total. The molecule has 0 aliphatic rings. The molecule has 0 radical (unpaired) electrons. The van der Waals surface area contributed by atoms with E-state index in [0.717, 1.165) is 86.9 Å². The number of rotatable bonds is 2.